The predicted molar refractivity (Wildman–Crippen MR) is 321 cm³/mol. The van der Waals surface area contributed by atoms with Crippen molar-refractivity contribution in [1.82, 2.24) is 58.5 Å². The zero-order valence-electron chi connectivity index (χ0n) is 51.8. The first-order valence-electron chi connectivity index (χ1n) is 29.8. The molecule has 0 aromatic heterocycles. The number of hydrogen-bond acceptors (Lipinski definition) is 19. The van der Waals surface area contributed by atoms with Crippen molar-refractivity contribution < 1.29 is 86.0 Å². The molecule has 1 aromatic carbocycles. The lowest BCUT2D eigenvalue weighted by Crippen LogP contribution is -2.62. The first-order chi connectivity index (χ1) is 42.3. The Balaban J connectivity index is 0.00000543. The Labute approximate surface area is 520 Å². The number of nitrogens with one attached hydrogen (secondary N) is 11. The molecule has 12 atom stereocenters. The van der Waals surface area contributed by atoms with Crippen LogP contribution in [-0.4, -0.2) is 204 Å². The summed E-state index contributed by atoms with van der Waals surface area (Å²) >= 11 is 0. The third kappa shape index (κ3) is 29.8. The van der Waals surface area contributed by atoms with Gasteiger partial charge in [0.05, 0.1) is 12.2 Å². The minimum atomic E-state index is -5.08. The van der Waals surface area contributed by atoms with Crippen molar-refractivity contribution in [2.75, 3.05) is 39.3 Å². The van der Waals surface area contributed by atoms with Gasteiger partial charge in [0, 0.05) is 19.4 Å². The fraction of sp³-hybridized carbons (Fsp3) is 0.679. The highest BCUT2D eigenvalue weighted by molar-refractivity contribution is 5.99. The number of halogens is 3. The molecule has 1 saturated heterocycles. The van der Waals surface area contributed by atoms with Crippen molar-refractivity contribution >= 4 is 70.9 Å². The second-order valence-corrected chi connectivity index (χ2v) is 22.3. The van der Waals surface area contributed by atoms with Gasteiger partial charge < -0.3 is 102 Å². The number of carboxylic acid groups (broad SMARTS) is 1. The molecule has 34 heteroatoms. The Kier molecular flexibility index (Phi) is 37.2. The van der Waals surface area contributed by atoms with Crippen LogP contribution in [0.3, 0.4) is 0 Å². The molecule has 0 unspecified atom stereocenters. The molecule has 31 nitrogen and oxygen atoms in total. The Morgan fingerprint density at radius 1 is 0.567 bits per heavy atom. The van der Waals surface area contributed by atoms with Crippen molar-refractivity contribution in [1.29, 1.82) is 0 Å². The van der Waals surface area contributed by atoms with E-state index in [9.17, 15) is 76.1 Å². The van der Waals surface area contributed by atoms with Crippen molar-refractivity contribution in [3.8, 4) is 0 Å². The number of carbonyl (C=O) groups excluding carboxylic acids is 11. The van der Waals surface area contributed by atoms with E-state index in [0.717, 1.165) is 12.8 Å². The minimum absolute atomic E-state index is 0.0183. The van der Waals surface area contributed by atoms with E-state index < -0.39 is 169 Å². The van der Waals surface area contributed by atoms with Gasteiger partial charge in [-0.15, -0.1) is 0 Å². The molecule has 0 radical (unpaired) electrons. The Hall–Kier alpha value is -7.63. The third-order valence-electron chi connectivity index (χ3n) is 13.8. The van der Waals surface area contributed by atoms with Gasteiger partial charge >= 0.3 is 12.1 Å². The molecule has 510 valence electrons. The first-order valence-corrected chi connectivity index (χ1v) is 29.8. The van der Waals surface area contributed by atoms with E-state index in [4.69, 9.17) is 38.6 Å². The van der Waals surface area contributed by atoms with E-state index in [0.29, 0.717) is 17.9 Å². The minimum Gasteiger partial charge on any atom is -0.475 e. The Morgan fingerprint density at radius 2 is 1.03 bits per heavy atom. The van der Waals surface area contributed by atoms with E-state index in [2.05, 4.69) is 72.3 Å². The number of benzene rings is 1. The van der Waals surface area contributed by atoms with Gasteiger partial charge in [-0.1, -0.05) is 70.9 Å². The van der Waals surface area contributed by atoms with Crippen molar-refractivity contribution in [2.45, 2.75) is 191 Å². The SMILES string of the molecule is CC(C)CCCCC(=O)N[C@@H](CCN)C(=O)N[C@H](C(=O)N[C@@H](CCN)C(=O)N[C@H]1CCNC(=O)[C@H]([C@@H](C)O)NC(=O)[C@H](CCN)NC(=O)[C@H](CCN)NC(=O)[C@H](C(C)C)NC(=O)[C@@H](Cc2ccccc2)NC(=O)[C@H](CCN)NC1=O)[C@@H](C)O.O=C(O)C(F)(F)F. The molecule has 0 saturated carbocycles. The van der Waals surface area contributed by atoms with Gasteiger partial charge in [0.2, 0.25) is 65.0 Å². The number of aliphatic hydroxyl groups excluding tert-OH is 2. The normalized spacial score (nSPS) is 21.9. The molecule has 2 rings (SSSR count). The van der Waals surface area contributed by atoms with Crippen LogP contribution < -0.4 is 87.2 Å². The standard InChI is InChI=1S/C54H94N16O13.C2HF3O2/c1-29(2)12-10-11-15-41(73)61-34(16-22-55)49(78)70-44(32(6)72)54(83)66-37(19-25-58)46(75)64-39-21-27-60-52(81)43(31(5)71)69-50(79)38(20-26-59)63-45(74)36(18-24-57)65-53(82)42(30(3)4)68-51(80)40(28-33-13-8-7-9-14-33)67-47(76)35(17-23-56)62-48(39)77;3-2(4,5)1(6)7/h7-9,13-14,29-32,34-40,42-44,71-72H,10-12,15-28,55-59H2,1-6H3,(H,60,81)(H,61,73)(H,62,77)(H,63,74)(H,64,75)(H,65,82)(H,66,83)(H,67,76)(H,68,80)(H,69,79)(H,70,78);(H,6,7)/t31-,32-,34+,35+,36+,37+,38+,39+,40-,42+,43+,44+;/m1./s1. The maximum Gasteiger partial charge on any atom is 0.490 e. The van der Waals surface area contributed by atoms with Crippen LogP contribution in [0.1, 0.15) is 111 Å². The smallest absolute Gasteiger partial charge is 0.475 e. The number of carbonyl (C=O) groups is 12. The molecular weight excluding hydrogens is 1190 g/mol. The summed E-state index contributed by atoms with van der Waals surface area (Å²) in [6.07, 6.45) is -7.24. The number of alkyl halides is 3. The summed E-state index contributed by atoms with van der Waals surface area (Å²) < 4.78 is 31.7. The average Bonchev–Trinajstić information content (AvgIpc) is 1.52. The van der Waals surface area contributed by atoms with Gasteiger partial charge in [0.25, 0.3) is 0 Å². The number of rotatable bonds is 27. The number of amides is 11. The number of carboxylic acids is 1. The van der Waals surface area contributed by atoms with Crippen LogP contribution in [0.5, 0.6) is 0 Å². The summed E-state index contributed by atoms with van der Waals surface area (Å²) in [5, 5.41) is 56.6. The summed E-state index contributed by atoms with van der Waals surface area (Å²) in [6.45, 7) is 8.59. The van der Waals surface area contributed by atoms with Crippen molar-refractivity contribution in [3.05, 3.63) is 35.9 Å². The molecule has 1 aliphatic heterocycles. The molecule has 1 fully saturated rings. The van der Waals surface area contributed by atoms with E-state index in [-0.39, 0.29) is 77.7 Å². The number of nitrogens with two attached hydrogens (primary N) is 5. The number of hydrogen-bond donors (Lipinski definition) is 19. The van der Waals surface area contributed by atoms with Gasteiger partial charge in [-0.3, -0.25) is 52.7 Å². The first kappa shape index (κ1) is 80.4. The summed E-state index contributed by atoms with van der Waals surface area (Å²) in [6, 6.07) is -6.29. The molecule has 1 aromatic rings. The molecule has 1 heterocycles. The van der Waals surface area contributed by atoms with E-state index in [1.807, 2.05) is 0 Å². The molecule has 0 aliphatic carbocycles. The predicted octanol–water partition coefficient (Wildman–Crippen LogP) is -5.39. The molecule has 0 bridgehead atoms. The largest absolute Gasteiger partial charge is 0.490 e. The molecular formula is C56H95F3N16O15. The highest BCUT2D eigenvalue weighted by atomic mass is 19.4. The zero-order chi connectivity index (χ0) is 68.4. The monoisotopic (exact) mass is 1290 g/mol. The van der Waals surface area contributed by atoms with E-state index in [1.54, 1.807) is 44.2 Å². The number of aliphatic hydroxyl groups is 2. The maximum absolute atomic E-state index is 14.5. The van der Waals surface area contributed by atoms with Gasteiger partial charge in [-0.05, 0) is 109 Å². The molecule has 1 aliphatic rings. The zero-order valence-corrected chi connectivity index (χ0v) is 51.8. The van der Waals surface area contributed by atoms with Crippen LogP contribution in [0.4, 0.5) is 13.2 Å². The van der Waals surface area contributed by atoms with Crippen LogP contribution in [0.2, 0.25) is 0 Å². The lowest BCUT2D eigenvalue weighted by Gasteiger charge is -2.29. The summed E-state index contributed by atoms with van der Waals surface area (Å²) in [4.78, 5) is 162. The average molecular weight is 1290 g/mol. The number of aliphatic carboxylic acids is 1. The van der Waals surface area contributed by atoms with Crippen LogP contribution >= 0.6 is 0 Å². The second kappa shape index (κ2) is 41.6. The maximum atomic E-state index is 14.5. The fourth-order valence-corrected chi connectivity index (χ4v) is 8.78. The highest BCUT2D eigenvalue weighted by Crippen LogP contribution is 2.14. The van der Waals surface area contributed by atoms with E-state index in [1.165, 1.54) is 13.8 Å². The lowest BCUT2D eigenvalue weighted by molar-refractivity contribution is -0.192. The van der Waals surface area contributed by atoms with Gasteiger partial charge in [-0.25, -0.2) is 4.79 Å². The van der Waals surface area contributed by atoms with Gasteiger partial charge in [0.1, 0.15) is 60.4 Å². The van der Waals surface area contributed by atoms with Crippen LogP contribution in [0, 0.1) is 11.8 Å². The van der Waals surface area contributed by atoms with Gasteiger partial charge in [-0.2, -0.15) is 13.2 Å². The van der Waals surface area contributed by atoms with Crippen molar-refractivity contribution in [2.24, 2.45) is 40.5 Å². The summed E-state index contributed by atoms with van der Waals surface area (Å²) in [5.74, 6) is -12.7. The Morgan fingerprint density at radius 3 is 1.50 bits per heavy atom. The fourth-order valence-electron chi connectivity index (χ4n) is 8.78. The summed E-state index contributed by atoms with van der Waals surface area (Å²) in [7, 11) is 0. The second-order valence-electron chi connectivity index (χ2n) is 22.3. The lowest BCUT2D eigenvalue weighted by atomic mass is 10.00. The molecule has 11 amide bonds. The van der Waals surface area contributed by atoms with Crippen LogP contribution in [0.15, 0.2) is 30.3 Å². The van der Waals surface area contributed by atoms with E-state index >= 15 is 0 Å². The third-order valence-corrected chi connectivity index (χ3v) is 13.8. The van der Waals surface area contributed by atoms with Crippen molar-refractivity contribution in [3.63, 3.8) is 0 Å². The Bertz CT molecular complexity index is 2500. The molecule has 0 spiro atoms. The number of unbranched alkanes of at least 4 members (excludes halogenated alkanes) is 1. The van der Waals surface area contributed by atoms with Gasteiger partial charge in [0.15, 0.2) is 0 Å². The highest BCUT2D eigenvalue weighted by Gasteiger charge is 2.40. The topological polar surface area (TPSA) is 528 Å². The quantitative estimate of drug-likeness (QED) is 0.0366. The van der Waals surface area contributed by atoms with Crippen LogP contribution in [0.25, 0.3) is 0 Å². The molecule has 24 N–H and O–H groups in total. The molecule has 90 heavy (non-hydrogen) atoms. The summed E-state index contributed by atoms with van der Waals surface area (Å²) in [5.41, 5.74) is 29.8. The van der Waals surface area contributed by atoms with Crippen LogP contribution in [-0.2, 0) is 64.0 Å².